The largest absolute Gasteiger partial charge is 0.416 e. The first kappa shape index (κ1) is 31.9. The van der Waals surface area contributed by atoms with Gasteiger partial charge in [0.15, 0.2) is 0 Å². The Labute approximate surface area is 261 Å². The average molecular weight is 629 g/mol. The summed E-state index contributed by atoms with van der Waals surface area (Å²) < 4.78 is 79.7. The summed E-state index contributed by atoms with van der Waals surface area (Å²) in [5.74, 6) is 0. The molecule has 4 aromatic carbocycles. The second-order valence-electron chi connectivity index (χ2n) is 10.8. The lowest BCUT2D eigenvalue weighted by atomic mass is 10.0. The third-order valence-electron chi connectivity index (χ3n) is 7.77. The standard InChI is InChI=1S/2C18H13F3N2/c2*1-23-11-14(8-9-22)16-10-13(4-7-17(16)23)12-2-5-15(6-3-12)18(19,20)21/h2*2-7,10-11H,8H2,1H3. The van der Waals surface area contributed by atoms with E-state index in [2.05, 4.69) is 12.1 Å². The van der Waals surface area contributed by atoms with E-state index in [-0.39, 0.29) is 0 Å². The summed E-state index contributed by atoms with van der Waals surface area (Å²) in [6.07, 6.45) is -4.25. The fourth-order valence-corrected chi connectivity index (χ4v) is 5.46. The van der Waals surface area contributed by atoms with Crippen LogP contribution in [-0.2, 0) is 39.3 Å². The Morgan fingerprint density at radius 3 is 1.15 bits per heavy atom. The Morgan fingerprint density at radius 1 is 0.522 bits per heavy atom. The minimum absolute atomic E-state index is 0.299. The molecule has 4 nitrogen and oxygen atoms in total. The van der Waals surface area contributed by atoms with Crippen LogP contribution in [-0.4, -0.2) is 9.13 Å². The Bertz CT molecular complexity index is 1950. The van der Waals surface area contributed by atoms with Crippen molar-refractivity contribution in [2.24, 2.45) is 14.1 Å². The van der Waals surface area contributed by atoms with Crippen LogP contribution in [0.25, 0.3) is 44.1 Å². The van der Waals surface area contributed by atoms with Gasteiger partial charge in [0.25, 0.3) is 0 Å². The van der Waals surface area contributed by atoms with Crippen LogP contribution in [0.3, 0.4) is 0 Å². The number of nitriles is 2. The lowest BCUT2D eigenvalue weighted by molar-refractivity contribution is -0.138. The molecule has 6 rings (SSSR count). The summed E-state index contributed by atoms with van der Waals surface area (Å²) in [6, 6.07) is 25.9. The van der Waals surface area contributed by atoms with E-state index in [1.807, 2.05) is 72.0 Å². The molecule has 2 aromatic heterocycles. The molecule has 0 aliphatic heterocycles. The monoisotopic (exact) mass is 628 g/mol. The van der Waals surface area contributed by atoms with Gasteiger partial charge in [-0.05, 0) is 81.9 Å². The molecule has 6 aromatic rings. The number of benzene rings is 4. The molecular weight excluding hydrogens is 602 g/mol. The maximum atomic E-state index is 12.6. The third-order valence-corrected chi connectivity index (χ3v) is 7.77. The highest BCUT2D eigenvalue weighted by molar-refractivity contribution is 5.90. The van der Waals surface area contributed by atoms with Crippen LogP contribution >= 0.6 is 0 Å². The third kappa shape index (κ3) is 6.62. The van der Waals surface area contributed by atoms with Crippen molar-refractivity contribution in [3.05, 3.63) is 120 Å². The van der Waals surface area contributed by atoms with E-state index in [9.17, 15) is 26.3 Å². The Morgan fingerprint density at radius 2 is 0.848 bits per heavy atom. The zero-order valence-corrected chi connectivity index (χ0v) is 24.7. The van der Waals surface area contributed by atoms with E-state index in [4.69, 9.17) is 10.5 Å². The van der Waals surface area contributed by atoms with E-state index in [1.165, 1.54) is 24.3 Å². The maximum Gasteiger partial charge on any atom is 0.416 e. The number of alkyl halides is 6. The molecule has 0 fully saturated rings. The van der Waals surface area contributed by atoms with Crippen molar-refractivity contribution in [1.82, 2.24) is 9.13 Å². The smallest absolute Gasteiger partial charge is 0.350 e. The van der Waals surface area contributed by atoms with Crippen LogP contribution in [0.5, 0.6) is 0 Å². The second kappa shape index (κ2) is 12.5. The van der Waals surface area contributed by atoms with E-state index in [0.29, 0.717) is 24.0 Å². The molecule has 0 saturated heterocycles. The van der Waals surface area contributed by atoms with Crippen molar-refractivity contribution in [3.63, 3.8) is 0 Å². The van der Waals surface area contributed by atoms with Crippen LogP contribution in [0.1, 0.15) is 22.3 Å². The highest BCUT2D eigenvalue weighted by Crippen LogP contribution is 2.34. The van der Waals surface area contributed by atoms with E-state index >= 15 is 0 Å². The molecule has 2 heterocycles. The fourth-order valence-electron chi connectivity index (χ4n) is 5.46. The van der Waals surface area contributed by atoms with Gasteiger partial charge in [0.2, 0.25) is 0 Å². The lowest BCUT2D eigenvalue weighted by Crippen LogP contribution is -2.03. The van der Waals surface area contributed by atoms with Gasteiger partial charge in [0, 0.05) is 48.3 Å². The van der Waals surface area contributed by atoms with Crippen LogP contribution < -0.4 is 0 Å². The zero-order valence-electron chi connectivity index (χ0n) is 24.7. The van der Waals surface area contributed by atoms with Gasteiger partial charge in [0.1, 0.15) is 0 Å². The Hall–Kier alpha value is -5.48. The molecule has 0 aliphatic carbocycles. The Balaban J connectivity index is 0.000000181. The van der Waals surface area contributed by atoms with Crippen molar-refractivity contribution < 1.29 is 26.3 Å². The summed E-state index contributed by atoms with van der Waals surface area (Å²) in [5, 5.41) is 19.7. The summed E-state index contributed by atoms with van der Waals surface area (Å²) in [7, 11) is 3.81. The van der Waals surface area contributed by atoms with Crippen LogP contribution in [0.15, 0.2) is 97.3 Å². The molecule has 46 heavy (non-hydrogen) atoms. The number of halogens is 6. The number of hydrogen-bond donors (Lipinski definition) is 0. The Kier molecular flexibility index (Phi) is 8.67. The van der Waals surface area contributed by atoms with E-state index in [1.54, 1.807) is 0 Å². The quantitative estimate of drug-likeness (QED) is 0.183. The van der Waals surface area contributed by atoms with Crippen molar-refractivity contribution in [3.8, 4) is 34.4 Å². The zero-order chi connectivity index (χ0) is 33.2. The van der Waals surface area contributed by atoms with Crippen LogP contribution in [0, 0.1) is 22.7 Å². The first-order valence-electron chi connectivity index (χ1n) is 14.0. The molecule has 0 aliphatic rings. The maximum absolute atomic E-state index is 12.6. The molecule has 10 heteroatoms. The van der Waals surface area contributed by atoms with Crippen LogP contribution in [0.4, 0.5) is 26.3 Å². The molecule has 0 atom stereocenters. The highest BCUT2D eigenvalue weighted by atomic mass is 19.4. The summed E-state index contributed by atoms with van der Waals surface area (Å²) in [4.78, 5) is 0. The number of fused-ring (bicyclic) bond motifs is 2. The van der Waals surface area contributed by atoms with Crippen molar-refractivity contribution in [2.75, 3.05) is 0 Å². The van der Waals surface area contributed by atoms with Gasteiger partial charge in [-0.25, -0.2) is 0 Å². The molecule has 0 unspecified atom stereocenters. The number of nitrogens with zero attached hydrogens (tertiary/aromatic N) is 4. The van der Waals surface area contributed by atoms with Gasteiger partial charge < -0.3 is 9.13 Å². The number of hydrogen-bond acceptors (Lipinski definition) is 2. The minimum Gasteiger partial charge on any atom is -0.350 e. The molecule has 0 N–H and O–H groups in total. The number of rotatable bonds is 4. The molecule has 0 amide bonds. The lowest BCUT2D eigenvalue weighted by Gasteiger charge is -2.08. The van der Waals surface area contributed by atoms with Crippen molar-refractivity contribution in [1.29, 1.82) is 10.5 Å². The van der Waals surface area contributed by atoms with Gasteiger partial charge in [-0.3, -0.25) is 0 Å². The average Bonchev–Trinajstić information content (AvgIpc) is 3.51. The van der Waals surface area contributed by atoms with Gasteiger partial charge in [0.05, 0.1) is 36.1 Å². The predicted octanol–water partition coefficient (Wildman–Crippen LogP) is 9.86. The molecule has 0 radical (unpaired) electrons. The van der Waals surface area contributed by atoms with E-state index in [0.717, 1.165) is 68.3 Å². The van der Waals surface area contributed by atoms with Gasteiger partial charge in [-0.1, -0.05) is 36.4 Å². The number of aromatic nitrogens is 2. The minimum atomic E-state index is -4.33. The van der Waals surface area contributed by atoms with E-state index < -0.39 is 23.5 Å². The van der Waals surface area contributed by atoms with Gasteiger partial charge in [-0.15, -0.1) is 0 Å². The normalized spacial score (nSPS) is 11.6. The first-order chi connectivity index (χ1) is 21.8. The summed E-state index contributed by atoms with van der Waals surface area (Å²) >= 11 is 0. The van der Waals surface area contributed by atoms with Gasteiger partial charge in [-0.2, -0.15) is 36.9 Å². The topological polar surface area (TPSA) is 57.4 Å². The molecule has 232 valence electrons. The fraction of sp³-hybridized carbons (Fsp3) is 0.167. The van der Waals surface area contributed by atoms with Gasteiger partial charge >= 0.3 is 12.4 Å². The summed E-state index contributed by atoms with van der Waals surface area (Å²) in [5.41, 5.74) is 5.58. The predicted molar refractivity (Wildman–Crippen MR) is 165 cm³/mol. The van der Waals surface area contributed by atoms with Crippen LogP contribution in [0.2, 0.25) is 0 Å². The second-order valence-corrected chi connectivity index (χ2v) is 10.8. The molecular formula is C36H26F6N4. The summed E-state index contributed by atoms with van der Waals surface area (Å²) in [6.45, 7) is 0. The van der Waals surface area contributed by atoms with Crippen molar-refractivity contribution in [2.45, 2.75) is 25.2 Å². The SMILES string of the molecule is Cn1cc(CC#N)c2cc(-c3ccc(C(F)(F)F)cc3)ccc21.Cn1cc(CC#N)c2cc(-c3ccc(C(F)(F)F)cc3)ccc21. The molecule has 0 bridgehead atoms. The van der Waals surface area contributed by atoms with Crippen molar-refractivity contribution >= 4 is 21.8 Å². The number of aryl methyl sites for hydroxylation is 2. The first-order valence-corrected chi connectivity index (χ1v) is 14.0. The molecule has 0 saturated carbocycles. The molecule has 0 spiro atoms. The highest BCUT2D eigenvalue weighted by Gasteiger charge is 2.30.